The van der Waals surface area contributed by atoms with Gasteiger partial charge in [0, 0.05) is 22.5 Å². The van der Waals surface area contributed by atoms with Crippen molar-refractivity contribution in [3.8, 4) is 0 Å². The molecule has 21 heavy (non-hydrogen) atoms. The Hall–Kier alpha value is -0.440. The summed E-state index contributed by atoms with van der Waals surface area (Å²) in [5.41, 5.74) is 0. The van der Waals surface area contributed by atoms with Gasteiger partial charge in [0.2, 0.25) is 15.9 Å². The van der Waals surface area contributed by atoms with Crippen LogP contribution in [0.15, 0.2) is 32.0 Å². The third-order valence-electron chi connectivity index (χ3n) is 2.66. The monoisotopic (exact) mass is 440 g/mol. The maximum absolute atomic E-state index is 12.5. The second kappa shape index (κ2) is 7.71. The summed E-state index contributed by atoms with van der Waals surface area (Å²) in [4.78, 5) is 11.9. The number of rotatable bonds is 6. The highest BCUT2D eigenvalue weighted by atomic mass is 79.9. The van der Waals surface area contributed by atoms with Crippen LogP contribution < -0.4 is 5.32 Å². The number of carbonyl (C=O) groups excluding carboxylic acids is 1. The minimum absolute atomic E-state index is 0.121. The fourth-order valence-corrected chi connectivity index (χ4v) is 4.09. The summed E-state index contributed by atoms with van der Waals surface area (Å²) < 4.78 is 27.1. The maximum atomic E-state index is 12.5. The van der Waals surface area contributed by atoms with Gasteiger partial charge < -0.3 is 5.32 Å². The highest BCUT2D eigenvalue weighted by Crippen LogP contribution is 2.27. The van der Waals surface area contributed by atoms with Gasteiger partial charge >= 0.3 is 0 Å². The Kier molecular flexibility index (Phi) is 6.83. The van der Waals surface area contributed by atoms with E-state index in [2.05, 4.69) is 37.2 Å². The number of sulfonamides is 1. The first kappa shape index (κ1) is 18.6. The summed E-state index contributed by atoms with van der Waals surface area (Å²) in [6.07, 6.45) is 0. The summed E-state index contributed by atoms with van der Waals surface area (Å²) >= 11 is 6.47. The largest absolute Gasteiger partial charge is 0.355 e. The third kappa shape index (κ3) is 5.36. The molecule has 0 bridgehead atoms. The van der Waals surface area contributed by atoms with Crippen LogP contribution in [-0.2, 0) is 14.8 Å². The smallest absolute Gasteiger partial charge is 0.244 e. The molecule has 0 radical (unpaired) electrons. The van der Waals surface area contributed by atoms with Crippen molar-refractivity contribution in [1.29, 1.82) is 0 Å². The number of nitrogens with zero attached hydrogens (tertiary/aromatic N) is 1. The van der Waals surface area contributed by atoms with E-state index in [0.29, 0.717) is 21.4 Å². The lowest BCUT2D eigenvalue weighted by Gasteiger charge is -2.18. The zero-order chi connectivity index (χ0) is 16.2. The lowest BCUT2D eigenvalue weighted by atomic mass is 10.2. The molecule has 1 amide bonds. The first-order valence-electron chi connectivity index (χ1n) is 6.32. The molecule has 118 valence electrons. The van der Waals surface area contributed by atoms with Gasteiger partial charge in [-0.15, -0.1) is 0 Å². The summed E-state index contributed by atoms with van der Waals surface area (Å²) in [6, 6.07) is 4.88. The first-order chi connectivity index (χ1) is 9.64. The van der Waals surface area contributed by atoms with Gasteiger partial charge in [0.1, 0.15) is 0 Å². The van der Waals surface area contributed by atoms with Gasteiger partial charge in [-0.3, -0.25) is 4.79 Å². The van der Waals surface area contributed by atoms with Gasteiger partial charge in [-0.2, -0.15) is 4.31 Å². The minimum Gasteiger partial charge on any atom is -0.355 e. The highest BCUT2D eigenvalue weighted by Gasteiger charge is 2.25. The van der Waals surface area contributed by atoms with Gasteiger partial charge in [0.05, 0.1) is 11.4 Å². The number of halogens is 2. The summed E-state index contributed by atoms with van der Waals surface area (Å²) in [5, 5.41) is 2.70. The topological polar surface area (TPSA) is 66.5 Å². The second-order valence-electron chi connectivity index (χ2n) is 5.03. The number of nitrogens with one attached hydrogen (secondary N) is 1. The number of benzene rings is 1. The van der Waals surface area contributed by atoms with E-state index in [4.69, 9.17) is 0 Å². The predicted octanol–water partition coefficient (Wildman–Crippen LogP) is 2.60. The zero-order valence-electron chi connectivity index (χ0n) is 12.1. The number of likely N-dealkylation sites (N-methyl/N-ethyl adjacent to an activating group) is 1. The average Bonchev–Trinajstić information content (AvgIpc) is 2.39. The quantitative estimate of drug-likeness (QED) is 0.737. The summed E-state index contributed by atoms with van der Waals surface area (Å²) in [6.45, 7) is 4.25. The molecule has 1 rings (SSSR count). The minimum atomic E-state index is -3.73. The van der Waals surface area contributed by atoms with Crippen molar-refractivity contribution in [2.75, 3.05) is 20.1 Å². The van der Waals surface area contributed by atoms with E-state index in [1.807, 2.05) is 13.8 Å². The SMILES string of the molecule is CC(C)CNC(=O)CN(C)S(=O)(=O)c1cc(Br)ccc1Br. The number of amides is 1. The molecule has 0 atom stereocenters. The fourth-order valence-electron chi connectivity index (χ4n) is 1.50. The zero-order valence-corrected chi connectivity index (χ0v) is 16.0. The van der Waals surface area contributed by atoms with Crippen LogP contribution in [0, 0.1) is 5.92 Å². The van der Waals surface area contributed by atoms with E-state index in [0.717, 1.165) is 4.31 Å². The molecule has 0 saturated heterocycles. The molecule has 0 aliphatic heterocycles. The molecular weight excluding hydrogens is 424 g/mol. The molecule has 5 nitrogen and oxygen atoms in total. The van der Waals surface area contributed by atoms with E-state index in [1.165, 1.54) is 13.1 Å². The maximum Gasteiger partial charge on any atom is 0.244 e. The second-order valence-corrected chi connectivity index (χ2v) is 8.82. The first-order valence-corrected chi connectivity index (χ1v) is 9.35. The molecule has 8 heteroatoms. The molecule has 1 aromatic carbocycles. The Morgan fingerprint density at radius 1 is 1.33 bits per heavy atom. The summed E-state index contributed by atoms with van der Waals surface area (Å²) in [7, 11) is -2.34. The van der Waals surface area contributed by atoms with Crippen LogP contribution in [0.3, 0.4) is 0 Å². The van der Waals surface area contributed by atoms with E-state index in [-0.39, 0.29) is 17.3 Å². The van der Waals surface area contributed by atoms with E-state index >= 15 is 0 Å². The van der Waals surface area contributed by atoms with Crippen LogP contribution in [0.5, 0.6) is 0 Å². The van der Waals surface area contributed by atoms with Gasteiger partial charge in [-0.25, -0.2) is 8.42 Å². The van der Waals surface area contributed by atoms with Crippen molar-refractivity contribution in [3.63, 3.8) is 0 Å². The Morgan fingerprint density at radius 3 is 2.52 bits per heavy atom. The van der Waals surface area contributed by atoms with Crippen molar-refractivity contribution < 1.29 is 13.2 Å². The number of hydrogen-bond donors (Lipinski definition) is 1. The molecule has 0 saturated carbocycles. The van der Waals surface area contributed by atoms with Gasteiger partial charge in [0.25, 0.3) is 0 Å². The normalized spacial score (nSPS) is 12.0. The van der Waals surface area contributed by atoms with Gasteiger partial charge in [-0.1, -0.05) is 29.8 Å². The van der Waals surface area contributed by atoms with Crippen molar-refractivity contribution in [3.05, 3.63) is 27.1 Å². The van der Waals surface area contributed by atoms with Crippen LogP contribution >= 0.6 is 31.9 Å². The Labute approximate surface area is 142 Å². The van der Waals surface area contributed by atoms with Gasteiger partial charge in [-0.05, 0) is 40.0 Å². The Balaban J connectivity index is 2.87. The third-order valence-corrected chi connectivity index (χ3v) is 5.95. The molecule has 0 spiro atoms. The van der Waals surface area contributed by atoms with E-state index in [1.54, 1.807) is 12.1 Å². The molecular formula is C13H18Br2N2O3S. The van der Waals surface area contributed by atoms with Crippen LogP contribution in [0.4, 0.5) is 0 Å². The molecule has 0 aliphatic rings. The molecule has 0 fully saturated rings. The van der Waals surface area contributed by atoms with Gasteiger partial charge in [0.15, 0.2) is 0 Å². The predicted molar refractivity (Wildman–Crippen MR) is 89.5 cm³/mol. The molecule has 0 heterocycles. The van der Waals surface area contributed by atoms with E-state index < -0.39 is 10.0 Å². The molecule has 0 aromatic heterocycles. The van der Waals surface area contributed by atoms with E-state index in [9.17, 15) is 13.2 Å². The summed E-state index contributed by atoms with van der Waals surface area (Å²) in [5.74, 6) is -0.00372. The molecule has 0 aliphatic carbocycles. The van der Waals surface area contributed by atoms with Crippen molar-refractivity contribution in [2.24, 2.45) is 5.92 Å². The molecule has 0 unspecified atom stereocenters. The van der Waals surface area contributed by atoms with Crippen LogP contribution in [0.25, 0.3) is 0 Å². The van der Waals surface area contributed by atoms with Crippen LogP contribution in [0.2, 0.25) is 0 Å². The lowest BCUT2D eigenvalue weighted by molar-refractivity contribution is -0.121. The standard InChI is InChI=1S/C13H18Br2N2O3S/c1-9(2)7-16-13(18)8-17(3)21(19,20)12-6-10(14)4-5-11(12)15/h4-6,9H,7-8H2,1-3H3,(H,16,18). The number of carbonyl (C=O) groups is 1. The molecule has 1 aromatic rings. The average molecular weight is 442 g/mol. The lowest BCUT2D eigenvalue weighted by Crippen LogP contribution is -2.39. The number of hydrogen-bond acceptors (Lipinski definition) is 3. The fraction of sp³-hybridized carbons (Fsp3) is 0.462. The van der Waals surface area contributed by atoms with Crippen molar-refractivity contribution >= 4 is 47.8 Å². The highest BCUT2D eigenvalue weighted by molar-refractivity contribution is 9.11. The van der Waals surface area contributed by atoms with Crippen LogP contribution in [-0.4, -0.2) is 38.8 Å². The molecule has 1 N–H and O–H groups in total. The van der Waals surface area contributed by atoms with Crippen LogP contribution in [0.1, 0.15) is 13.8 Å². The van der Waals surface area contributed by atoms with Crippen molar-refractivity contribution in [1.82, 2.24) is 9.62 Å². The van der Waals surface area contributed by atoms with Crippen molar-refractivity contribution in [2.45, 2.75) is 18.7 Å². The Morgan fingerprint density at radius 2 is 1.95 bits per heavy atom. The Bertz CT molecular complexity index is 618.